The Morgan fingerprint density at radius 1 is 1.19 bits per heavy atom. The van der Waals surface area contributed by atoms with Gasteiger partial charge in [0.25, 0.3) is 0 Å². The van der Waals surface area contributed by atoms with Gasteiger partial charge in [-0.2, -0.15) is 0 Å². The lowest BCUT2D eigenvalue weighted by Crippen LogP contribution is -2.31. The second-order valence-corrected chi connectivity index (χ2v) is 5.00. The topological polar surface area (TPSA) is 55.0 Å². The Labute approximate surface area is 119 Å². The zero-order chi connectivity index (χ0) is 15.0. The van der Waals surface area contributed by atoms with Gasteiger partial charge in [-0.15, -0.1) is 0 Å². The molecule has 3 rings (SSSR count). The molecule has 0 bridgehead atoms. The highest BCUT2D eigenvalue weighted by Crippen LogP contribution is 2.21. The number of benzene rings is 1. The van der Waals surface area contributed by atoms with Crippen LogP contribution >= 0.6 is 0 Å². The first-order valence-electron chi connectivity index (χ1n) is 6.49. The van der Waals surface area contributed by atoms with E-state index in [1.165, 1.54) is 6.07 Å². The largest absolute Gasteiger partial charge is 0.368 e. The Bertz CT molecular complexity index is 690. The average molecular weight is 294 g/mol. The van der Waals surface area contributed by atoms with E-state index < -0.39 is 17.5 Å². The monoisotopic (exact) mass is 294 g/mol. The van der Waals surface area contributed by atoms with Crippen molar-refractivity contribution in [2.45, 2.75) is 19.5 Å². The maximum atomic E-state index is 13.7. The molecule has 7 heteroatoms. The number of nitrogens with two attached hydrogens (primary N) is 1. The molecule has 0 amide bonds. The molecule has 0 fully saturated rings. The fourth-order valence-corrected chi connectivity index (χ4v) is 2.45. The molecule has 1 aromatic heterocycles. The Morgan fingerprint density at radius 2 is 2.00 bits per heavy atom. The summed E-state index contributed by atoms with van der Waals surface area (Å²) in [7, 11) is 0. The van der Waals surface area contributed by atoms with Crippen LogP contribution in [0.2, 0.25) is 0 Å². The van der Waals surface area contributed by atoms with E-state index >= 15 is 0 Å². The Hall–Kier alpha value is -2.15. The highest BCUT2D eigenvalue weighted by Gasteiger charge is 2.21. The van der Waals surface area contributed by atoms with Crippen LogP contribution in [0.1, 0.15) is 16.8 Å². The van der Waals surface area contributed by atoms with Gasteiger partial charge in [-0.25, -0.2) is 23.1 Å². The predicted octanol–water partition coefficient (Wildman–Crippen LogP) is 2.03. The minimum absolute atomic E-state index is 0.133. The summed E-state index contributed by atoms with van der Waals surface area (Å²) in [5, 5.41) is 0. The number of hydrogen-bond donors (Lipinski definition) is 1. The van der Waals surface area contributed by atoms with Gasteiger partial charge in [0.2, 0.25) is 5.95 Å². The predicted molar refractivity (Wildman–Crippen MR) is 70.6 cm³/mol. The average Bonchev–Trinajstić information content (AvgIpc) is 2.48. The van der Waals surface area contributed by atoms with Gasteiger partial charge in [0, 0.05) is 43.4 Å². The van der Waals surface area contributed by atoms with E-state index in [2.05, 4.69) is 9.97 Å². The van der Waals surface area contributed by atoms with Crippen LogP contribution < -0.4 is 5.73 Å². The Morgan fingerprint density at radius 3 is 2.81 bits per heavy atom. The number of nitrogen functional groups attached to an aromatic ring is 1. The number of fused-ring (bicyclic) bond motifs is 1. The van der Waals surface area contributed by atoms with Gasteiger partial charge in [0.05, 0.1) is 5.69 Å². The third-order valence-electron chi connectivity index (χ3n) is 3.54. The summed E-state index contributed by atoms with van der Waals surface area (Å²) < 4.78 is 39.8. The molecule has 2 N–H and O–H groups in total. The standard InChI is InChI=1S/C14H13F3N4/c15-10-2-1-8(12(16)13(10)17)6-21-4-3-11-9(7-21)5-19-14(18)20-11/h1-2,5H,3-4,6-7H2,(H2,18,19,20). The van der Waals surface area contributed by atoms with Crippen molar-refractivity contribution < 1.29 is 13.2 Å². The van der Waals surface area contributed by atoms with E-state index in [0.717, 1.165) is 17.3 Å². The van der Waals surface area contributed by atoms with Crippen LogP contribution in [0.4, 0.5) is 19.1 Å². The van der Waals surface area contributed by atoms with E-state index in [-0.39, 0.29) is 18.1 Å². The summed E-state index contributed by atoms with van der Waals surface area (Å²) >= 11 is 0. The molecule has 1 aliphatic rings. The molecule has 0 radical (unpaired) electrons. The van der Waals surface area contributed by atoms with Crippen molar-refractivity contribution in [3.8, 4) is 0 Å². The zero-order valence-corrected chi connectivity index (χ0v) is 11.1. The van der Waals surface area contributed by atoms with Crippen molar-refractivity contribution in [3.05, 3.63) is 52.6 Å². The van der Waals surface area contributed by atoms with Crippen molar-refractivity contribution >= 4 is 5.95 Å². The third kappa shape index (κ3) is 2.69. The van der Waals surface area contributed by atoms with Crippen molar-refractivity contribution in [2.75, 3.05) is 12.3 Å². The maximum absolute atomic E-state index is 13.7. The lowest BCUT2D eigenvalue weighted by molar-refractivity contribution is 0.238. The van der Waals surface area contributed by atoms with Crippen molar-refractivity contribution in [2.24, 2.45) is 0 Å². The third-order valence-corrected chi connectivity index (χ3v) is 3.54. The molecular weight excluding hydrogens is 281 g/mol. The molecule has 0 spiro atoms. The lowest BCUT2D eigenvalue weighted by atomic mass is 10.1. The SMILES string of the molecule is Nc1ncc2c(n1)CCN(Cc1ccc(F)c(F)c1F)C2. The van der Waals surface area contributed by atoms with Crippen LogP contribution in [0, 0.1) is 17.5 Å². The Kier molecular flexibility index (Phi) is 3.50. The van der Waals surface area contributed by atoms with E-state index in [0.29, 0.717) is 19.5 Å². The fourth-order valence-electron chi connectivity index (χ4n) is 2.45. The highest BCUT2D eigenvalue weighted by atomic mass is 19.2. The smallest absolute Gasteiger partial charge is 0.220 e. The van der Waals surface area contributed by atoms with Crippen molar-refractivity contribution in [1.82, 2.24) is 14.9 Å². The highest BCUT2D eigenvalue weighted by molar-refractivity contribution is 5.27. The molecule has 4 nitrogen and oxygen atoms in total. The van der Waals surface area contributed by atoms with Crippen LogP contribution in [0.5, 0.6) is 0 Å². The molecular formula is C14H13F3N4. The van der Waals surface area contributed by atoms with E-state index in [4.69, 9.17) is 5.73 Å². The summed E-state index contributed by atoms with van der Waals surface area (Å²) in [5.74, 6) is -3.51. The number of aromatic nitrogens is 2. The molecule has 0 unspecified atom stereocenters. The fraction of sp³-hybridized carbons (Fsp3) is 0.286. The van der Waals surface area contributed by atoms with Crippen molar-refractivity contribution in [1.29, 1.82) is 0 Å². The molecule has 2 aromatic rings. The minimum Gasteiger partial charge on any atom is -0.368 e. The van der Waals surface area contributed by atoms with Gasteiger partial charge in [-0.1, -0.05) is 6.07 Å². The van der Waals surface area contributed by atoms with Crippen LogP contribution in [0.25, 0.3) is 0 Å². The van der Waals surface area contributed by atoms with Crippen LogP contribution in [-0.2, 0) is 19.5 Å². The Balaban J connectivity index is 1.79. The van der Waals surface area contributed by atoms with E-state index in [1.54, 1.807) is 6.20 Å². The van der Waals surface area contributed by atoms with Crippen LogP contribution in [-0.4, -0.2) is 21.4 Å². The number of nitrogens with zero attached hydrogens (tertiary/aromatic N) is 3. The molecule has 0 saturated carbocycles. The molecule has 0 atom stereocenters. The van der Waals surface area contributed by atoms with Crippen LogP contribution in [0.15, 0.2) is 18.3 Å². The molecule has 21 heavy (non-hydrogen) atoms. The van der Waals surface area contributed by atoms with Gasteiger partial charge in [-0.3, -0.25) is 4.90 Å². The molecule has 1 aliphatic heterocycles. The maximum Gasteiger partial charge on any atom is 0.220 e. The molecule has 0 aliphatic carbocycles. The molecule has 110 valence electrons. The quantitative estimate of drug-likeness (QED) is 0.861. The first-order chi connectivity index (χ1) is 10.0. The zero-order valence-electron chi connectivity index (χ0n) is 11.1. The molecule has 1 aromatic carbocycles. The minimum atomic E-state index is -1.43. The van der Waals surface area contributed by atoms with Crippen LogP contribution in [0.3, 0.4) is 0 Å². The number of hydrogen-bond acceptors (Lipinski definition) is 4. The first kappa shape index (κ1) is 13.8. The summed E-state index contributed by atoms with van der Waals surface area (Å²) in [6.07, 6.45) is 2.30. The number of halogens is 3. The lowest BCUT2D eigenvalue weighted by Gasteiger charge is -2.28. The van der Waals surface area contributed by atoms with Gasteiger partial charge >= 0.3 is 0 Å². The van der Waals surface area contributed by atoms with Gasteiger partial charge in [0.1, 0.15) is 0 Å². The second kappa shape index (κ2) is 5.33. The number of anilines is 1. The second-order valence-electron chi connectivity index (χ2n) is 5.00. The summed E-state index contributed by atoms with van der Waals surface area (Å²) in [5.41, 5.74) is 7.46. The summed E-state index contributed by atoms with van der Waals surface area (Å²) in [6, 6.07) is 2.21. The summed E-state index contributed by atoms with van der Waals surface area (Å²) in [6.45, 7) is 1.36. The number of rotatable bonds is 2. The van der Waals surface area contributed by atoms with Crippen molar-refractivity contribution in [3.63, 3.8) is 0 Å². The van der Waals surface area contributed by atoms with E-state index in [1.807, 2.05) is 4.90 Å². The first-order valence-corrected chi connectivity index (χ1v) is 6.49. The van der Waals surface area contributed by atoms with Gasteiger partial charge < -0.3 is 5.73 Å². The normalized spacial score (nSPS) is 15.0. The van der Waals surface area contributed by atoms with Gasteiger partial charge in [-0.05, 0) is 6.07 Å². The molecule has 0 saturated heterocycles. The molecule has 2 heterocycles. The summed E-state index contributed by atoms with van der Waals surface area (Å²) in [4.78, 5) is 10.0. The van der Waals surface area contributed by atoms with Gasteiger partial charge in [0.15, 0.2) is 17.5 Å². The van der Waals surface area contributed by atoms with E-state index in [9.17, 15) is 13.2 Å².